The molecule has 0 heterocycles. The standard InChI is InChI=1S/C15H23NO2/c1-9(2)13(15(17)18)8-16-14-11(4)6-10(3)7-12(14)5/h6-7,9,13,16H,8H2,1-5H3,(H,17,18). The molecular formula is C15H23NO2. The van der Waals surface area contributed by atoms with Gasteiger partial charge in [-0.3, -0.25) is 4.79 Å². The molecular weight excluding hydrogens is 226 g/mol. The molecule has 0 bridgehead atoms. The number of hydrogen-bond acceptors (Lipinski definition) is 2. The Morgan fingerprint density at radius 1 is 1.22 bits per heavy atom. The average Bonchev–Trinajstić information content (AvgIpc) is 2.20. The Bertz CT molecular complexity index is 415. The van der Waals surface area contributed by atoms with Gasteiger partial charge >= 0.3 is 5.97 Å². The number of benzene rings is 1. The summed E-state index contributed by atoms with van der Waals surface area (Å²) >= 11 is 0. The predicted molar refractivity (Wildman–Crippen MR) is 75.1 cm³/mol. The third-order valence-corrected chi connectivity index (χ3v) is 3.30. The minimum atomic E-state index is -0.736. The lowest BCUT2D eigenvalue weighted by Crippen LogP contribution is -2.27. The fourth-order valence-electron chi connectivity index (χ4n) is 2.28. The van der Waals surface area contributed by atoms with Crippen LogP contribution in [0.25, 0.3) is 0 Å². The number of aryl methyl sites for hydroxylation is 3. The van der Waals surface area contributed by atoms with Gasteiger partial charge in [0.05, 0.1) is 5.92 Å². The molecule has 1 rings (SSSR count). The second-order valence-corrected chi connectivity index (χ2v) is 5.34. The van der Waals surface area contributed by atoms with E-state index < -0.39 is 5.97 Å². The van der Waals surface area contributed by atoms with Gasteiger partial charge in [0.2, 0.25) is 0 Å². The molecule has 1 atom stereocenters. The third-order valence-electron chi connectivity index (χ3n) is 3.30. The molecule has 0 fully saturated rings. The molecule has 0 aliphatic heterocycles. The van der Waals surface area contributed by atoms with Crippen LogP contribution in [0.4, 0.5) is 5.69 Å². The SMILES string of the molecule is Cc1cc(C)c(NCC(C(=O)O)C(C)C)c(C)c1. The lowest BCUT2D eigenvalue weighted by atomic mass is 9.95. The number of carboxylic acid groups (broad SMARTS) is 1. The van der Waals surface area contributed by atoms with Crippen LogP contribution in [-0.4, -0.2) is 17.6 Å². The second kappa shape index (κ2) is 5.89. The monoisotopic (exact) mass is 249 g/mol. The Labute approximate surface area is 109 Å². The van der Waals surface area contributed by atoms with E-state index >= 15 is 0 Å². The lowest BCUT2D eigenvalue weighted by molar-refractivity contribution is -0.142. The van der Waals surface area contributed by atoms with Crippen LogP contribution in [-0.2, 0) is 4.79 Å². The van der Waals surface area contributed by atoms with Crippen molar-refractivity contribution in [3.63, 3.8) is 0 Å². The van der Waals surface area contributed by atoms with Crippen LogP contribution >= 0.6 is 0 Å². The zero-order valence-electron chi connectivity index (χ0n) is 11.9. The maximum absolute atomic E-state index is 11.1. The smallest absolute Gasteiger partial charge is 0.308 e. The van der Waals surface area contributed by atoms with E-state index in [0.29, 0.717) is 6.54 Å². The van der Waals surface area contributed by atoms with Crippen LogP contribution in [0.2, 0.25) is 0 Å². The molecule has 2 N–H and O–H groups in total. The van der Waals surface area contributed by atoms with E-state index in [4.69, 9.17) is 5.11 Å². The van der Waals surface area contributed by atoms with Crippen molar-refractivity contribution in [3.05, 3.63) is 28.8 Å². The maximum atomic E-state index is 11.1. The minimum Gasteiger partial charge on any atom is -0.481 e. The van der Waals surface area contributed by atoms with Gasteiger partial charge in [-0.25, -0.2) is 0 Å². The highest BCUT2D eigenvalue weighted by Gasteiger charge is 2.21. The van der Waals surface area contributed by atoms with Crippen molar-refractivity contribution in [2.45, 2.75) is 34.6 Å². The molecule has 0 aliphatic rings. The molecule has 0 radical (unpaired) electrons. The molecule has 18 heavy (non-hydrogen) atoms. The normalized spacial score (nSPS) is 12.6. The molecule has 100 valence electrons. The first-order valence-electron chi connectivity index (χ1n) is 6.37. The van der Waals surface area contributed by atoms with Crippen molar-refractivity contribution in [3.8, 4) is 0 Å². The van der Waals surface area contributed by atoms with E-state index in [1.807, 2.05) is 27.7 Å². The molecule has 1 unspecified atom stereocenters. The zero-order chi connectivity index (χ0) is 13.9. The summed E-state index contributed by atoms with van der Waals surface area (Å²) in [7, 11) is 0. The van der Waals surface area contributed by atoms with Gasteiger partial charge in [0, 0.05) is 12.2 Å². The molecule has 1 aromatic carbocycles. The zero-order valence-corrected chi connectivity index (χ0v) is 11.9. The Hall–Kier alpha value is -1.51. The highest BCUT2D eigenvalue weighted by atomic mass is 16.4. The molecule has 0 saturated carbocycles. The Kier molecular flexibility index (Phi) is 4.76. The molecule has 0 amide bonds. The van der Waals surface area contributed by atoms with Gasteiger partial charge in [-0.15, -0.1) is 0 Å². The van der Waals surface area contributed by atoms with Crippen LogP contribution in [0.5, 0.6) is 0 Å². The Morgan fingerprint density at radius 2 is 1.72 bits per heavy atom. The van der Waals surface area contributed by atoms with Crippen molar-refractivity contribution in [1.82, 2.24) is 0 Å². The predicted octanol–water partition coefficient (Wildman–Crippen LogP) is 3.38. The van der Waals surface area contributed by atoms with Crippen molar-refractivity contribution in [1.29, 1.82) is 0 Å². The number of anilines is 1. The molecule has 0 saturated heterocycles. The summed E-state index contributed by atoms with van der Waals surface area (Å²) in [6.07, 6.45) is 0. The van der Waals surface area contributed by atoms with Crippen molar-refractivity contribution in [2.75, 3.05) is 11.9 Å². The summed E-state index contributed by atoms with van der Waals surface area (Å²) < 4.78 is 0. The Morgan fingerprint density at radius 3 is 2.11 bits per heavy atom. The van der Waals surface area contributed by atoms with E-state index in [1.54, 1.807) is 0 Å². The number of hydrogen-bond donors (Lipinski definition) is 2. The third kappa shape index (κ3) is 3.49. The quantitative estimate of drug-likeness (QED) is 0.841. The fraction of sp³-hybridized carbons (Fsp3) is 0.533. The van der Waals surface area contributed by atoms with Crippen LogP contribution in [0.15, 0.2) is 12.1 Å². The van der Waals surface area contributed by atoms with E-state index in [2.05, 4.69) is 24.4 Å². The molecule has 3 heteroatoms. The van der Waals surface area contributed by atoms with Gasteiger partial charge in [-0.1, -0.05) is 31.5 Å². The summed E-state index contributed by atoms with van der Waals surface area (Å²) in [5.41, 5.74) is 4.63. The number of aliphatic carboxylic acids is 1. The summed E-state index contributed by atoms with van der Waals surface area (Å²) in [4.78, 5) is 11.1. The lowest BCUT2D eigenvalue weighted by Gasteiger charge is -2.20. The number of carboxylic acids is 1. The molecule has 3 nitrogen and oxygen atoms in total. The molecule has 1 aromatic rings. The van der Waals surface area contributed by atoms with Crippen LogP contribution in [0.1, 0.15) is 30.5 Å². The average molecular weight is 249 g/mol. The van der Waals surface area contributed by atoms with Crippen LogP contribution < -0.4 is 5.32 Å². The van der Waals surface area contributed by atoms with Gasteiger partial charge in [-0.2, -0.15) is 0 Å². The highest BCUT2D eigenvalue weighted by molar-refractivity contribution is 5.71. The van der Waals surface area contributed by atoms with E-state index in [1.165, 1.54) is 16.7 Å². The number of rotatable bonds is 5. The number of nitrogens with one attached hydrogen (secondary N) is 1. The Balaban J connectivity index is 2.83. The summed E-state index contributed by atoms with van der Waals surface area (Å²) in [5.74, 6) is -0.967. The van der Waals surface area contributed by atoms with Crippen molar-refractivity contribution in [2.24, 2.45) is 11.8 Å². The molecule has 0 aliphatic carbocycles. The number of carbonyl (C=O) groups is 1. The first-order valence-corrected chi connectivity index (χ1v) is 6.37. The van der Waals surface area contributed by atoms with Crippen molar-refractivity contribution < 1.29 is 9.90 Å². The molecule has 0 aromatic heterocycles. The fourth-order valence-corrected chi connectivity index (χ4v) is 2.28. The second-order valence-electron chi connectivity index (χ2n) is 5.34. The largest absolute Gasteiger partial charge is 0.481 e. The van der Waals surface area contributed by atoms with Crippen LogP contribution in [0, 0.1) is 32.6 Å². The van der Waals surface area contributed by atoms with Gasteiger partial charge < -0.3 is 10.4 Å². The maximum Gasteiger partial charge on any atom is 0.308 e. The topological polar surface area (TPSA) is 49.3 Å². The van der Waals surface area contributed by atoms with E-state index in [-0.39, 0.29) is 11.8 Å². The van der Waals surface area contributed by atoms with Gasteiger partial charge in [0.25, 0.3) is 0 Å². The summed E-state index contributed by atoms with van der Waals surface area (Å²) in [5, 5.41) is 12.5. The van der Waals surface area contributed by atoms with E-state index in [9.17, 15) is 4.79 Å². The summed E-state index contributed by atoms with van der Waals surface area (Å²) in [6.45, 7) is 10.5. The van der Waals surface area contributed by atoms with Crippen molar-refractivity contribution >= 4 is 11.7 Å². The minimum absolute atomic E-state index is 0.126. The van der Waals surface area contributed by atoms with Crippen LogP contribution in [0.3, 0.4) is 0 Å². The van der Waals surface area contributed by atoms with Gasteiger partial charge in [-0.05, 0) is 37.8 Å². The van der Waals surface area contributed by atoms with Gasteiger partial charge in [0.1, 0.15) is 0 Å². The highest BCUT2D eigenvalue weighted by Crippen LogP contribution is 2.23. The first kappa shape index (κ1) is 14.6. The first-order chi connectivity index (χ1) is 8.32. The van der Waals surface area contributed by atoms with E-state index in [0.717, 1.165) is 5.69 Å². The van der Waals surface area contributed by atoms with Gasteiger partial charge in [0.15, 0.2) is 0 Å². The molecule has 0 spiro atoms. The summed E-state index contributed by atoms with van der Waals surface area (Å²) in [6, 6.07) is 4.22.